The fourth-order valence-electron chi connectivity index (χ4n) is 4.29. The van der Waals surface area contributed by atoms with Crippen LogP contribution in [0.15, 0.2) is 60.0 Å². The van der Waals surface area contributed by atoms with Gasteiger partial charge in [0.15, 0.2) is 11.6 Å². The zero-order valence-corrected chi connectivity index (χ0v) is 21.8. The van der Waals surface area contributed by atoms with Gasteiger partial charge in [-0.1, -0.05) is 43.6 Å². The molecule has 0 unspecified atom stereocenters. The lowest BCUT2D eigenvalue weighted by molar-refractivity contribution is -0.135. The van der Waals surface area contributed by atoms with Crippen molar-refractivity contribution in [1.82, 2.24) is 9.80 Å². The van der Waals surface area contributed by atoms with E-state index in [1.54, 1.807) is 58.7 Å². The van der Waals surface area contributed by atoms with Crippen molar-refractivity contribution in [2.24, 2.45) is 5.92 Å². The number of para-hydroxylation sites is 1. The summed E-state index contributed by atoms with van der Waals surface area (Å²) in [5.74, 6) is -0.323. The molecule has 1 aromatic heterocycles. The summed E-state index contributed by atoms with van der Waals surface area (Å²) in [7, 11) is 0. The summed E-state index contributed by atoms with van der Waals surface area (Å²) >= 11 is 7.69. The number of nitrogens with zero attached hydrogens (tertiary/aromatic N) is 2. The molecule has 0 bridgehead atoms. The first-order valence-electron chi connectivity index (χ1n) is 11.9. The molecule has 2 heterocycles. The van der Waals surface area contributed by atoms with Crippen molar-refractivity contribution in [2.45, 2.75) is 26.3 Å². The number of hydrogen-bond acceptors (Lipinski definition) is 4. The average Bonchev–Trinajstić information content (AvgIpc) is 3.32. The largest absolute Gasteiger partial charge is 0.488 e. The monoisotopic (exact) mass is 529 g/mol. The van der Waals surface area contributed by atoms with E-state index in [1.807, 2.05) is 25.3 Å². The Morgan fingerprint density at radius 1 is 1.22 bits per heavy atom. The summed E-state index contributed by atoms with van der Waals surface area (Å²) < 4.78 is 20.0. The highest BCUT2D eigenvalue weighted by atomic mass is 35.5. The number of hydrogen-bond donors (Lipinski definition) is 1. The van der Waals surface area contributed by atoms with Gasteiger partial charge in [-0.2, -0.15) is 0 Å². The lowest BCUT2D eigenvalue weighted by atomic mass is 10.0. The topological polar surface area (TPSA) is 61.9 Å². The van der Waals surface area contributed by atoms with Gasteiger partial charge in [-0.15, -0.1) is 11.3 Å². The van der Waals surface area contributed by atoms with Crippen LogP contribution in [0.2, 0.25) is 5.02 Å². The Balaban J connectivity index is 1.50. The average molecular weight is 530 g/mol. The predicted molar refractivity (Wildman–Crippen MR) is 141 cm³/mol. The minimum atomic E-state index is -0.447. The van der Waals surface area contributed by atoms with Crippen LogP contribution in [0.25, 0.3) is 0 Å². The van der Waals surface area contributed by atoms with E-state index >= 15 is 0 Å². The molecule has 1 aliphatic rings. The first kappa shape index (κ1) is 26.0. The molecule has 2 aromatic carbocycles. The highest BCUT2D eigenvalue weighted by molar-refractivity contribution is 7.10. The summed E-state index contributed by atoms with van der Waals surface area (Å²) in [6, 6.07) is 14.4. The molecule has 9 heteroatoms. The summed E-state index contributed by atoms with van der Waals surface area (Å²) in [6.07, 6.45) is 0.730. The maximum Gasteiger partial charge on any atom is 0.322 e. The number of urea groups is 1. The predicted octanol–water partition coefficient (Wildman–Crippen LogP) is 6.24. The van der Waals surface area contributed by atoms with Gasteiger partial charge in [0, 0.05) is 28.7 Å². The number of carbonyl (C=O) groups excluding carboxylic acids is 2. The number of fused-ring (bicyclic) bond motifs is 1. The van der Waals surface area contributed by atoms with Gasteiger partial charge in [0.1, 0.15) is 13.2 Å². The van der Waals surface area contributed by atoms with Crippen molar-refractivity contribution in [3.63, 3.8) is 0 Å². The lowest BCUT2D eigenvalue weighted by Crippen LogP contribution is -2.49. The molecule has 0 radical (unpaired) electrons. The number of nitrogens with one attached hydrogen (secondary N) is 1. The minimum absolute atomic E-state index is 0.0831. The second-order valence-corrected chi connectivity index (χ2v) is 10.5. The zero-order valence-electron chi connectivity index (χ0n) is 20.2. The molecule has 6 nitrogen and oxygen atoms in total. The van der Waals surface area contributed by atoms with Crippen molar-refractivity contribution in [2.75, 3.05) is 31.6 Å². The van der Waals surface area contributed by atoms with Crippen LogP contribution in [0.1, 0.15) is 30.3 Å². The highest BCUT2D eigenvalue weighted by Gasteiger charge is 2.34. The van der Waals surface area contributed by atoms with Crippen molar-refractivity contribution in [3.05, 3.63) is 81.3 Å². The Morgan fingerprint density at radius 3 is 2.78 bits per heavy atom. The van der Waals surface area contributed by atoms with Gasteiger partial charge in [0.2, 0.25) is 5.91 Å². The lowest BCUT2D eigenvalue weighted by Gasteiger charge is -2.37. The van der Waals surface area contributed by atoms with Crippen molar-refractivity contribution < 1.29 is 18.7 Å². The molecule has 3 aromatic rings. The number of carbonyl (C=O) groups is 2. The third-order valence-corrected chi connectivity index (χ3v) is 7.15. The van der Waals surface area contributed by atoms with Crippen molar-refractivity contribution >= 4 is 40.6 Å². The molecule has 0 spiro atoms. The third kappa shape index (κ3) is 6.36. The Labute approximate surface area is 219 Å². The number of benzene rings is 2. The number of rotatable bonds is 8. The Hall–Kier alpha value is -3.10. The quantitative estimate of drug-likeness (QED) is 0.376. The van der Waals surface area contributed by atoms with Gasteiger partial charge in [-0.3, -0.25) is 4.79 Å². The molecule has 0 saturated heterocycles. The van der Waals surface area contributed by atoms with Crippen LogP contribution in [-0.2, 0) is 11.2 Å². The fraction of sp³-hybridized carbons (Fsp3) is 0.333. The van der Waals surface area contributed by atoms with Crippen LogP contribution in [-0.4, -0.2) is 48.0 Å². The highest BCUT2D eigenvalue weighted by Crippen LogP contribution is 2.34. The van der Waals surface area contributed by atoms with Crippen LogP contribution < -0.4 is 10.1 Å². The third-order valence-electron chi connectivity index (χ3n) is 5.92. The molecule has 1 atom stereocenters. The molecule has 36 heavy (non-hydrogen) atoms. The van der Waals surface area contributed by atoms with Crippen molar-refractivity contribution in [3.8, 4) is 5.75 Å². The van der Waals surface area contributed by atoms with Crippen LogP contribution in [0.5, 0.6) is 5.75 Å². The summed E-state index contributed by atoms with van der Waals surface area (Å²) in [5.41, 5.74) is 1.57. The molecular formula is C27H29ClFN3O3S. The van der Waals surface area contributed by atoms with Crippen LogP contribution in [0, 0.1) is 11.7 Å². The molecule has 1 aliphatic heterocycles. The number of halogens is 2. The van der Waals surface area contributed by atoms with E-state index in [4.69, 9.17) is 16.3 Å². The second kappa shape index (κ2) is 11.8. The Kier molecular flexibility index (Phi) is 8.48. The van der Waals surface area contributed by atoms with Gasteiger partial charge < -0.3 is 19.9 Å². The maximum absolute atomic E-state index is 14.2. The number of amides is 3. The summed E-state index contributed by atoms with van der Waals surface area (Å²) in [5, 5.41) is 5.35. The Morgan fingerprint density at radius 2 is 2.03 bits per heavy atom. The molecule has 0 fully saturated rings. The van der Waals surface area contributed by atoms with Gasteiger partial charge in [0.25, 0.3) is 0 Å². The zero-order chi connectivity index (χ0) is 25.7. The van der Waals surface area contributed by atoms with E-state index in [2.05, 4.69) is 5.32 Å². The second-order valence-electron chi connectivity index (χ2n) is 9.11. The number of ether oxygens (including phenoxy) is 1. The SMILES string of the molecule is CC(C)CN(CC(=O)N1CCc2sccc2[C@H]1COc1ccccc1F)C(=O)Nc1cccc(Cl)c1. The van der Waals surface area contributed by atoms with Crippen molar-refractivity contribution in [1.29, 1.82) is 0 Å². The van der Waals surface area contributed by atoms with E-state index < -0.39 is 5.82 Å². The smallest absolute Gasteiger partial charge is 0.322 e. The molecule has 190 valence electrons. The molecule has 0 saturated carbocycles. The van der Waals surface area contributed by atoms with Gasteiger partial charge in [-0.25, -0.2) is 9.18 Å². The van der Waals surface area contributed by atoms with E-state index in [1.165, 1.54) is 15.8 Å². The van der Waals surface area contributed by atoms with E-state index in [0.29, 0.717) is 23.8 Å². The minimum Gasteiger partial charge on any atom is -0.488 e. The first-order chi connectivity index (χ1) is 17.3. The van der Waals surface area contributed by atoms with Gasteiger partial charge in [-0.05, 0) is 59.7 Å². The molecule has 1 N–H and O–H groups in total. The van der Waals surface area contributed by atoms with Crippen LogP contribution in [0.3, 0.4) is 0 Å². The Bertz CT molecular complexity index is 1220. The summed E-state index contributed by atoms with van der Waals surface area (Å²) in [4.78, 5) is 31.1. The summed E-state index contributed by atoms with van der Waals surface area (Å²) in [6.45, 7) is 4.94. The number of anilines is 1. The van der Waals surface area contributed by atoms with Crippen LogP contribution >= 0.6 is 22.9 Å². The van der Waals surface area contributed by atoms with E-state index in [-0.39, 0.29) is 42.8 Å². The number of thiophene rings is 1. The normalized spacial score (nSPS) is 14.9. The standard InChI is InChI=1S/C27H29ClFN3O3S/c1-18(2)15-31(27(34)30-20-7-5-6-19(28)14-20)16-26(33)32-12-10-25-21(11-13-36-25)23(32)17-35-24-9-4-3-8-22(24)29/h3-9,11,13-14,18,23H,10,12,15-17H2,1-2H3,(H,30,34)/t23-/m1/s1. The van der Waals surface area contributed by atoms with Gasteiger partial charge in [0.05, 0.1) is 6.04 Å². The van der Waals surface area contributed by atoms with E-state index in [0.717, 1.165) is 12.0 Å². The first-order valence-corrected chi connectivity index (χ1v) is 13.1. The van der Waals surface area contributed by atoms with E-state index in [9.17, 15) is 14.0 Å². The molecule has 3 amide bonds. The fourth-order valence-corrected chi connectivity index (χ4v) is 5.41. The van der Waals surface area contributed by atoms with Crippen LogP contribution in [0.4, 0.5) is 14.9 Å². The molecular weight excluding hydrogens is 501 g/mol. The molecule has 4 rings (SSSR count). The van der Waals surface area contributed by atoms with Gasteiger partial charge >= 0.3 is 6.03 Å². The molecule has 0 aliphatic carbocycles. The maximum atomic E-state index is 14.2.